The van der Waals surface area contributed by atoms with Crippen LogP contribution in [0.1, 0.15) is 19.8 Å². The molecule has 0 N–H and O–H groups in total. The zero-order chi connectivity index (χ0) is 16.5. The van der Waals surface area contributed by atoms with E-state index in [1.165, 1.54) is 0 Å². The summed E-state index contributed by atoms with van der Waals surface area (Å²) in [5.74, 6) is 1.37. The Morgan fingerprint density at radius 3 is 2.61 bits per heavy atom. The third kappa shape index (κ3) is 5.32. The van der Waals surface area contributed by atoms with Crippen molar-refractivity contribution in [1.29, 1.82) is 0 Å². The van der Waals surface area contributed by atoms with Crippen molar-refractivity contribution in [3.8, 4) is 5.75 Å². The molecule has 0 aliphatic heterocycles. The van der Waals surface area contributed by atoms with E-state index in [1.54, 1.807) is 18.9 Å². The van der Waals surface area contributed by atoms with Gasteiger partial charge in [0.1, 0.15) is 5.75 Å². The van der Waals surface area contributed by atoms with Crippen LogP contribution in [0.4, 0.5) is 5.69 Å². The number of carbonyl (C=O) groups is 1. The van der Waals surface area contributed by atoms with Gasteiger partial charge in [0.15, 0.2) is 0 Å². The summed E-state index contributed by atoms with van der Waals surface area (Å²) in [5.41, 5.74) is 0.970. The molecule has 0 aliphatic rings. The molecule has 23 heavy (non-hydrogen) atoms. The Morgan fingerprint density at radius 1 is 1.13 bits per heavy atom. The zero-order valence-corrected chi connectivity index (χ0v) is 14.5. The standard InChI is InChI=1S/C19H23NO2S/c1-3-4-13-20(16-9-6-5-7-10-16)19(21)15-23-18-12-8-11-17(14-18)22-2/h5-12,14H,3-4,13,15H2,1-2H3. The van der Waals surface area contributed by atoms with E-state index in [1.807, 2.05) is 59.5 Å². The second-order valence-electron chi connectivity index (χ2n) is 5.20. The van der Waals surface area contributed by atoms with Gasteiger partial charge in [0, 0.05) is 17.1 Å². The van der Waals surface area contributed by atoms with E-state index < -0.39 is 0 Å². The molecule has 0 saturated heterocycles. The summed E-state index contributed by atoms with van der Waals surface area (Å²) >= 11 is 1.54. The molecule has 0 heterocycles. The van der Waals surface area contributed by atoms with Crippen LogP contribution >= 0.6 is 11.8 Å². The third-order valence-electron chi connectivity index (χ3n) is 3.51. The van der Waals surface area contributed by atoms with E-state index in [0.29, 0.717) is 5.75 Å². The molecule has 0 fully saturated rings. The predicted molar refractivity (Wildman–Crippen MR) is 97.4 cm³/mol. The van der Waals surface area contributed by atoms with Gasteiger partial charge in [-0.25, -0.2) is 0 Å². The number of amides is 1. The van der Waals surface area contributed by atoms with Crippen molar-refractivity contribution in [2.75, 3.05) is 24.3 Å². The maximum absolute atomic E-state index is 12.7. The van der Waals surface area contributed by atoms with Crippen molar-refractivity contribution in [1.82, 2.24) is 0 Å². The van der Waals surface area contributed by atoms with Crippen molar-refractivity contribution in [3.63, 3.8) is 0 Å². The topological polar surface area (TPSA) is 29.5 Å². The fourth-order valence-corrected chi connectivity index (χ4v) is 3.06. The normalized spacial score (nSPS) is 10.3. The number of unbranched alkanes of at least 4 members (excludes halogenated alkanes) is 1. The number of anilines is 1. The lowest BCUT2D eigenvalue weighted by Gasteiger charge is -2.22. The van der Waals surface area contributed by atoms with Crippen LogP contribution in [0.2, 0.25) is 0 Å². The van der Waals surface area contributed by atoms with Crippen molar-refractivity contribution >= 4 is 23.4 Å². The van der Waals surface area contributed by atoms with Gasteiger partial charge in [0.25, 0.3) is 0 Å². The fourth-order valence-electron chi connectivity index (χ4n) is 2.24. The molecule has 0 radical (unpaired) electrons. The molecule has 2 rings (SSSR count). The lowest BCUT2D eigenvalue weighted by atomic mass is 10.2. The molecule has 2 aromatic carbocycles. The molecular weight excluding hydrogens is 306 g/mol. The summed E-state index contributed by atoms with van der Waals surface area (Å²) in [6.45, 7) is 2.90. The van der Waals surface area contributed by atoms with E-state index in [4.69, 9.17) is 4.74 Å². The molecular formula is C19H23NO2S. The Morgan fingerprint density at radius 2 is 1.91 bits per heavy atom. The summed E-state index contributed by atoms with van der Waals surface area (Å²) in [4.78, 5) is 15.6. The van der Waals surface area contributed by atoms with E-state index in [-0.39, 0.29) is 5.91 Å². The second-order valence-corrected chi connectivity index (χ2v) is 6.25. The first-order chi connectivity index (χ1) is 11.2. The van der Waals surface area contributed by atoms with E-state index in [0.717, 1.165) is 35.7 Å². The highest BCUT2D eigenvalue weighted by molar-refractivity contribution is 8.00. The summed E-state index contributed by atoms with van der Waals surface area (Å²) in [7, 11) is 1.65. The van der Waals surface area contributed by atoms with Crippen LogP contribution in [0.15, 0.2) is 59.5 Å². The summed E-state index contributed by atoms with van der Waals surface area (Å²) < 4.78 is 5.22. The number of carbonyl (C=O) groups excluding carboxylic acids is 1. The maximum Gasteiger partial charge on any atom is 0.237 e. The van der Waals surface area contributed by atoms with Gasteiger partial charge in [-0.05, 0) is 36.8 Å². The van der Waals surface area contributed by atoms with Crippen molar-refractivity contribution in [2.45, 2.75) is 24.7 Å². The molecule has 0 spiro atoms. The van der Waals surface area contributed by atoms with Crippen LogP contribution < -0.4 is 9.64 Å². The van der Waals surface area contributed by atoms with Crippen LogP contribution in [0, 0.1) is 0 Å². The first kappa shape index (κ1) is 17.4. The van der Waals surface area contributed by atoms with Crippen LogP contribution in [-0.2, 0) is 4.79 Å². The third-order valence-corrected chi connectivity index (χ3v) is 4.49. The van der Waals surface area contributed by atoms with Crippen LogP contribution in [0.3, 0.4) is 0 Å². The summed E-state index contributed by atoms with van der Waals surface area (Å²) in [6, 6.07) is 17.7. The van der Waals surface area contributed by atoms with Crippen LogP contribution in [-0.4, -0.2) is 25.3 Å². The van der Waals surface area contributed by atoms with Crippen LogP contribution in [0.5, 0.6) is 5.75 Å². The van der Waals surface area contributed by atoms with Crippen molar-refractivity contribution < 1.29 is 9.53 Å². The molecule has 2 aromatic rings. The zero-order valence-electron chi connectivity index (χ0n) is 13.7. The molecule has 0 bridgehead atoms. The maximum atomic E-state index is 12.7. The Kier molecular flexibility index (Phi) is 7.01. The molecule has 0 aliphatic carbocycles. The van der Waals surface area contributed by atoms with Gasteiger partial charge in [0.2, 0.25) is 5.91 Å². The molecule has 0 atom stereocenters. The summed E-state index contributed by atoms with van der Waals surface area (Å²) in [6.07, 6.45) is 2.07. The van der Waals surface area contributed by atoms with E-state index in [2.05, 4.69) is 6.92 Å². The number of methoxy groups -OCH3 is 1. The number of rotatable bonds is 8. The van der Waals surface area contributed by atoms with Gasteiger partial charge >= 0.3 is 0 Å². The Bertz CT molecular complexity index is 616. The number of hydrogen-bond donors (Lipinski definition) is 0. The molecule has 4 heteroatoms. The molecule has 3 nitrogen and oxygen atoms in total. The number of hydrogen-bond acceptors (Lipinski definition) is 3. The van der Waals surface area contributed by atoms with E-state index in [9.17, 15) is 4.79 Å². The largest absolute Gasteiger partial charge is 0.497 e. The Labute approximate surface area is 142 Å². The first-order valence-corrected chi connectivity index (χ1v) is 8.85. The van der Waals surface area contributed by atoms with Crippen molar-refractivity contribution in [2.24, 2.45) is 0 Å². The van der Waals surface area contributed by atoms with Gasteiger partial charge in [-0.1, -0.05) is 37.6 Å². The Hall–Kier alpha value is -1.94. The number of nitrogens with zero attached hydrogens (tertiary/aromatic N) is 1. The van der Waals surface area contributed by atoms with Crippen molar-refractivity contribution in [3.05, 3.63) is 54.6 Å². The molecule has 122 valence electrons. The summed E-state index contributed by atoms with van der Waals surface area (Å²) in [5, 5.41) is 0. The highest BCUT2D eigenvalue weighted by atomic mass is 32.2. The Balaban J connectivity index is 2.02. The smallest absolute Gasteiger partial charge is 0.237 e. The molecule has 0 saturated carbocycles. The SMILES string of the molecule is CCCCN(C(=O)CSc1cccc(OC)c1)c1ccccc1. The highest BCUT2D eigenvalue weighted by Gasteiger charge is 2.15. The van der Waals surface area contributed by atoms with Gasteiger partial charge in [0.05, 0.1) is 12.9 Å². The number of ether oxygens (including phenoxy) is 1. The fraction of sp³-hybridized carbons (Fsp3) is 0.316. The lowest BCUT2D eigenvalue weighted by molar-refractivity contribution is -0.116. The average Bonchev–Trinajstić information content (AvgIpc) is 2.61. The minimum absolute atomic E-state index is 0.137. The molecule has 0 aromatic heterocycles. The van der Waals surface area contributed by atoms with Gasteiger partial charge in [-0.2, -0.15) is 0 Å². The minimum atomic E-state index is 0.137. The van der Waals surface area contributed by atoms with Gasteiger partial charge < -0.3 is 9.64 Å². The predicted octanol–water partition coefficient (Wildman–Crippen LogP) is 4.62. The lowest BCUT2D eigenvalue weighted by Crippen LogP contribution is -2.33. The number of para-hydroxylation sites is 1. The average molecular weight is 329 g/mol. The second kappa shape index (κ2) is 9.26. The number of benzene rings is 2. The van der Waals surface area contributed by atoms with Crippen LogP contribution in [0.25, 0.3) is 0 Å². The van der Waals surface area contributed by atoms with Gasteiger partial charge in [-0.3, -0.25) is 4.79 Å². The minimum Gasteiger partial charge on any atom is -0.497 e. The van der Waals surface area contributed by atoms with E-state index >= 15 is 0 Å². The molecule has 1 amide bonds. The highest BCUT2D eigenvalue weighted by Crippen LogP contribution is 2.24. The van der Waals surface area contributed by atoms with Gasteiger partial charge in [-0.15, -0.1) is 11.8 Å². The molecule has 0 unspecified atom stereocenters. The number of thioether (sulfide) groups is 1. The first-order valence-electron chi connectivity index (χ1n) is 7.87. The quantitative estimate of drug-likeness (QED) is 0.662. The monoisotopic (exact) mass is 329 g/mol.